The summed E-state index contributed by atoms with van der Waals surface area (Å²) in [5, 5.41) is 21.3. The fourth-order valence-corrected chi connectivity index (χ4v) is 3.39. The summed E-state index contributed by atoms with van der Waals surface area (Å²) in [4.78, 5) is 12.5. The molecule has 1 N–H and O–H groups in total. The quantitative estimate of drug-likeness (QED) is 0.631. The van der Waals surface area contributed by atoms with Crippen LogP contribution < -0.4 is 9.47 Å². The van der Waals surface area contributed by atoms with Crippen molar-refractivity contribution in [1.29, 1.82) is 0 Å². The highest BCUT2D eigenvalue weighted by Crippen LogP contribution is 2.39. The minimum absolute atomic E-state index is 0.0907. The summed E-state index contributed by atoms with van der Waals surface area (Å²) in [5.41, 5.74) is 2.84. The maximum absolute atomic E-state index is 10.7. The average molecular weight is 358 g/mol. The Morgan fingerprint density at radius 2 is 1.81 bits per heavy atom. The summed E-state index contributed by atoms with van der Waals surface area (Å²) in [6, 6.07) is 10.2. The van der Waals surface area contributed by atoms with Crippen molar-refractivity contribution in [3.05, 3.63) is 63.2 Å². The number of benzene rings is 2. The molecule has 2 aromatic rings. The van der Waals surface area contributed by atoms with Crippen LogP contribution in [0.2, 0.25) is 0 Å². The van der Waals surface area contributed by atoms with Gasteiger partial charge in [-0.05, 0) is 24.1 Å². The summed E-state index contributed by atoms with van der Waals surface area (Å²) in [7, 11) is 3.21. The van der Waals surface area contributed by atoms with E-state index in [-0.39, 0.29) is 5.69 Å². The van der Waals surface area contributed by atoms with Gasteiger partial charge in [-0.2, -0.15) is 0 Å². The molecule has 0 aromatic heterocycles. The lowest BCUT2D eigenvalue weighted by molar-refractivity contribution is -0.384. The van der Waals surface area contributed by atoms with Crippen molar-refractivity contribution in [3.63, 3.8) is 0 Å². The molecule has 0 radical (unpaired) electrons. The highest BCUT2D eigenvalue weighted by atomic mass is 16.6. The molecular formula is C19H22N2O5. The van der Waals surface area contributed by atoms with Gasteiger partial charge in [0.05, 0.1) is 25.2 Å². The summed E-state index contributed by atoms with van der Waals surface area (Å²) in [6.07, 6.45) is 0.0902. The lowest BCUT2D eigenvalue weighted by Crippen LogP contribution is -2.35. The normalized spacial score (nSPS) is 16.8. The van der Waals surface area contributed by atoms with E-state index in [1.54, 1.807) is 26.4 Å². The zero-order chi connectivity index (χ0) is 18.7. The number of hydrogen-bond acceptors (Lipinski definition) is 6. The molecule has 0 amide bonds. The van der Waals surface area contributed by atoms with E-state index in [9.17, 15) is 15.2 Å². The van der Waals surface area contributed by atoms with Gasteiger partial charge in [-0.15, -0.1) is 0 Å². The summed E-state index contributed by atoms with van der Waals surface area (Å²) in [6.45, 7) is 1.89. The van der Waals surface area contributed by atoms with Crippen molar-refractivity contribution in [3.8, 4) is 11.5 Å². The van der Waals surface area contributed by atoms with Gasteiger partial charge in [0.15, 0.2) is 0 Å². The lowest BCUT2D eigenvalue weighted by atomic mass is 9.95. The number of nitrogens with zero attached hydrogens (tertiary/aromatic N) is 2. The fraction of sp³-hybridized carbons (Fsp3) is 0.368. The molecule has 1 heterocycles. The van der Waals surface area contributed by atoms with E-state index in [4.69, 9.17) is 9.47 Å². The van der Waals surface area contributed by atoms with Gasteiger partial charge in [0.25, 0.3) is 5.69 Å². The van der Waals surface area contributed by atoms with Gasteiger partial charge >= 0.3 is 0 Å². The number of nitro groups is 1. The molecule has 0 saturated heterocycles. The molecule has 26 heavy (non-hydrogen) atoms. The van der Waals surface area contributed by atoms with Crippen LogP contribution >= 0.6 is 0 Å². The second-order valence-electron chi connectivity index (χ2n) is 6.29. The Bertz CT molecular complexity index is 791. The Balaban J connectivity index is 1.73. The maximum atomic E-state index is 10.7. The molecule has 3 rings (SSSR count). The van der Waals surface area contributed by atoms with E-state index in [2.05, 4.69) is 4.90 Å². The number of rotatable bonds is 6. The monoisotopic (exact) mass is 358 g/mol. The number of aliphatic hydroxyl groups excluding tert-OH is 1. The Kier molecular flexibility index (Phi) is 5.39. The molecule has 0 aliphatic carbocycles. The minimum Gasteiger partial charge on any atom is -0.496 e. The van der Waals surface area contributed by atoms with Crippen molar-refractivity contribution < 1.29 is 19.5 Å². The standard InChI is InChI=1S/C19H22N2O5/c1-25-17-7-8-18(26-2)19-15(17)11-20(12-16(19)22)10-9-13-3-5-14(6-4-13)21(23)24/h3-8,16,22H,9-12H2,1-2H3/t16-/m0/s1. The van der Waals surface area contributed by atoms with Crippen LogP contribution in [-0.4, -0.2) is 42.2 Å². The summed E-state index contributed by atoms with van der Waals surface area (Å²) < 4.78 is 10.8. The second-order valence-corrected chi connectivity index (χ2v) is 6.29. The van der Waals surface area contributed by atoms with Crippen molar-refractivity contribution in [1.82, 2.24) is 4.90 Å². The van der Waals surface area contributed by atoms with Crippen LogP contribution in [0.1, 0.15) is 22.8 Å². The molecular weight excluding hydrogens is 336 g/mol. The molecule has 1 atom stereocenters. The van der Waals surface area contributed by atoms with Crippen LogP contribution in [0.3, 0.4) is 0 Å². The predicted octanol–water partition coefficient (Wildman–Crippen LogP) is 2.70. The molecule has 0 bridgehead atoms. The highest BCUT2D eigenvalue weighted by molar-refractivity contribution is 5.51. The Morgan fingerprint density at radius 1 is 1.15 bits per heavy atom. The molecule has 1 aliphatic rings. The van der Waals surface area contributed by atoms with E-state index in [1.807, 2.05) is 12.1 Å². The Hall–Kier alpha value is -2.64. The number of fused-ring (bicyclic) bond motifs is 1. The first-order valence-corrected chi connectivity index (χ1v) is 8.41. The molecule has 0 spiro atoms. The number of β-amino-alcohol motifs (C(OH)–C–C–N with tert-alkyl or cyclic N) is 1. The molecule has 1 aliphatic heterocycles. The Morgan fingerprint density at radius 3 is 2.42 bits per heavy atom. The SMILES string of the molecule is COc1ccc(OC)c2c1CN(CCc1ccc([N+](=O)[O-])cc1)C[C@@H]2O. The van der Waals surface area contributed by atoms with Crippen LogP contribution in [0.5, 0.6) is 11.5 Å². The third-order valence-corrected chi connectivity index (χ3v) is 4.72. The van der Waals surface area contributed by atoms with Gasteiger partial charge in [0.2, 0.25) is 0 Å². The average Bonchev–Trinajstić information content (AvgIpc) is 2.65. The third-order valence-electron chi connectivity index (χ3n) is 4.72. The minimum atomic E-state index is -0.652. The first kappa shape index (κ1) is 18.2. The van der Waals surface area contributed by atoms with E-state index in [0.717, 1.165) is 35.4 Å². The van der Waals surface area contributed by atoms with Gasteiger partial charge in [-0.25, -0.2) is 0 Å². The van der Waals surface area contributed by atoms with Gasteiger partial charge in [-0.3, -0.25) is 15.0 Å². The van der Waals surface area contributed by atoms with Crippen LogP contribution in [0.4, 0.5) is 5.69 Å². The van der Waals surface area contributed by atoms with E-state index >= 15 is 0 Å². The number of non-ortho nitro benzene ring substituents is 1. The van der Waals surface area contributed by atoms with Crippen LogP contribution in [-0.2, 0) is 13.0 Å². The molecule has 0 saturated carbocycles. The van der Waals surface area contributed by atoms with Crippen LogP contribution in [0, 0.1) is 10.1 Å². The van der Waals surface area contributed by atoms with Gasteiger partial charge in [0, 0.05) is 42.9 Å². The maximum Gasteiger partial charge on any atom is 0.269 e. The summed E-state index contributed by atoms with van der Waals surface area (Å²) >= 11 is 0. The molecule has 2 aromatic carbocycles. The van der Waals surface area contributed by atoms with Crippen molar-refractivity contribution >= 4 is 5.69 Å². The highest BCUT2D eigenvalue weighted by Gasteiger charge is 2.29. The van der Waals surface area contributed by atoms with Crippen molar-refractivity contribution in [2.75, 3.05) is 27.3 Å². The molecule has 138 valence electrons. The van der Waals surface area contributed by atoms with Crippen LogP contribution in [0.15, 0.2) is 36.4 Å². The van der Waals surface area contributed by atoms with E-state index in [0.29, 0.717) is 18.8 Å². The fourth-order valence-electron chi connectivity index (χ4n) is 3.39. The van der Waals surface area contributed by atoms with Crippen molar-refractivity contribution in [2.45, 2.75) is 19.1 Å². The van der Waals surface area contributed by atoms with E-state index in [1.165, 1.54) is 12.1 Å². The molecule has 7 nitrogen and oxygen atoms in total. The van der Waals surface area contributed by atoms with Gasteiger partial charge in [0.1, 0.15) is 11.5 Å². The largest absolute Gasteiger partial charge is 0.496 e. The smallest absolute Gasteiger partial charge is 0.269 e. The number of hydrogen-bond donors (Lipinski definition) is 1. The van der Waals surface area contributed by atoms with Crippen LogP contribution in [0.25, 0.3) is 0 Å². The van der Waals surface area contributed by atoms with E-state index < -0.39 is 11.0 Å². The molecule has 0 unspecified atom stereocenters. The third kappa shape index (κ3) is 3.63. The zero-order valence-corrected chi connectivity index (χ0v) is 14.8. The molecule has 0 fully saturated rings. The predicted molar refractivity (Wildman–Crippen MR) is 96.6 cm³/mol. The number of aliphatic hydroxyl groups is 1. The first-order chi connectivity index (χ1) is 12.5. The number of methoxy groups -OCH3 is 2. The van der Waals surface area contributed by atoms with Gasteiger partial charge < -0.3 is 14.6 Å². The lowest BCUT2D eigenvalue weighted by Gasteiger charge is -2.34. The number of nitro benzene ring substituents is 1. The second kappa shape index (κ2) is 7.72. The number of ether oxygens (including phenoxy) is 2. The van der Waals surface area contributed by atoms with Gasteiger partial charge in [-0.1, -0.05) is 12.1 Å². The summed E-state index contributed by atoms with van der Waals surface area (Å²) in [5.74, 6) is 1.41. The molecule has 7 heteroatoms. The zero-order valence-electron chi connectivity index (χ0n) is 14.8. The topological polar surface area (TPSA) is 85.1 Å². The van der Waals surface area contributed by atoms with Crippen molar-refractivity contribution in [2.24, 2.45) is 0 Å². The Labute approximate surface area is 151 Å². The first-order valence-electron chi connectivity index (χ1n) is 8.41.